The summed E-state index contributed by atoms with van der Waals surface area (Å²) in [5.41, 5.74) is 2.94. The normalized spacial score (nSPS) is 26.8. The Hall–Kier alpha value is -2.27. The topological polar surface area (TPSA) is 65.0 Å². The molecule has 5 heteroatoms. The Bertz CT molecular complexity index is 820. The lowest BCUT2D eigenvalue weighted by atomic mass is 9.61. The van der Waals surface area contributed by atoms with Crippen molar-refractivity contribution < 1.29 is 24.1 Å². The van der Waals surface area contributed by atoms with Gasteiger partial charge in [0.15, 0.2) is 17.3 Å². The first kappa shape index (κ1) is 19.5. The molecule has 1 aromatic rings. The van der Waals surface area contributed by atoms with Gasteiger partial charge >= 0.3 is 0 Å². The van der Waals surface area contributed by atoms with Crippen LogP contribution in [0.1, 0.15) is 45.1 Å². The minimum absolute atomic E-state index is 0.0495. The minimum atomic E-state index is -0.431. The van der Waals surface area contributed by atoms with Gasteiger partial charge in [0.05, 0.1) is 27.4 Å². The molecule has 0 saturated heterocycles. The largest absolute Gasteiger partial charge is 0.496 e. The number of carbonyl (C=O) groups excluding carboxylic acids is 1. The van der Waals surface area contributed by atoms with Crippen LogP contribution in [0.5, 0.6) is 17.2 Å². The van der Waals surface area contributed by atoms with Crippen molar-refractivity contribution in [1.29, 1.82) is 0 Å². The van der Waals surface area contributed by atoms with Crippen molar-refractivity contribution in [3.8, 4) is 17.2 Å². The van der Waals surface area contributed by atoms with E-state index in [2.05, 4.69) is 6.92 Å². The van der Waals surface area contributed by atoms with Gasteiger partial charge in [-0.05, 0) is 50.3 Å². The van der Waals surface area contributed by atoms with Gasteiger partial charge in [0.25, 0.3) is 0 Å². The Morgan fingerprint density at radius 2 is 1.74 bits per heavy atom. The fourth-order valence-electron chi connectivity index (χ4n) is 4.44. The van der Waals surface area contributed by atoms with Crippen molar-refractivity contribution in [2.24, 2.45) is 5.41 Å². The van der Waals surface area contributed by atoms with Crippen molar-refractivity contribution in [3.63, 3.8) is 0 Å². The zero-order chi connectivity index (χ0) is 19.8. The molecule has 2 aliphatic rings. The zero-order valence-electron chi connectivity index (χ0n) is 16.7. The molecule has 0 heterocycles. The predicted molar refractivity (Wildman–Crippen MR) is 104 cm³/mol. The van der Waals surface area contributed by atoms with Crippen LogP contribution in [0.3, 0.4) is 0 Å². The molecule has 1 aromatic carbocycles. The number of ketones is 1. The molecule has 3 rings (SSSR count). The molecule has 2 atom stereocenters. The highest BCUT2D eigenvalue weighted by Gasteiger charge is 2.45. The van der Waals surface area contributed by atoms with Crippen LogP contribution in [-0.2, 0) is 4.79 Å². The van der Waals surface area contributed by atoms with E-state index in [4.69, 9.17) is 14.2 Å². The first-order valence-corrected chi connectivity index (χ1v) is 9.29. The summed E-state index contributed by atoms with van der Waals surface area (Å²) in [7, 11) is 4.73. The van der Waals surface area contributed by atoms with Crippen molar-refractivity contribution in [1.82, 2.24) is 0 Å². The summed E-state index contributed by atoms with van der Waals surface area (Å²) in [6.07, 6.45) is 4.54. The summed E-state index contributed by atoms with van der Waals surface area (Å²) >= 11 is 0. The maximum absolute atomic E-state index is 13.0. The van der Waals surface area contributed by atoms with Gasteiger partial charge in [-0.3, -0.25) is 4.79 Å². The van der Waals surface area contributed by atoms with Crippen molar-refractivity contribution in [2.45, 2.75) is 45.6 Å². The summed E-state index contributed by atoms with van der Waals surface area (Å²) in [6, 6.07) is 3.57. The highest BCUT2D eigenvalue weighted by Crippen LogP contribution is 2.50. The lowest BCUT2D eigenvalue weighted by molar-refractivity contribution is -0.113. The minimum Gasteiger partial charge on any atom is -0.496 e. The second kappa shape index (κ2) is 7.39. The Kier molecular flexibility index (Phi) is 5.33. The Morgan fingerprint density at radius 1 is 1.11 bits per heavy atom. The van der Waals surface area contributed by atoms with Crippen LogP contribution in [0.2, 0.25) is 0 Å². The maximum atomic E-state index is 13.0. The first-order valence-electron chi connectivity index (χ1n) is 9.29. The fourth-order valence-corrected chi connectivity index (χ4v) is 4.44. The van der Waals surface area contributed by atoms with Gasteiger partial charge in [-0.25, -0.2) is 0 Å². The number of benzene rings is 1. The second-order valence-corrected chi connectivity index (χ2v) is 7.55. The lowest BCUT2D eigenvalue weighted by Gasteiger charge is -2.45. The van der Waals surface area contributed by atoms with Crippen LogP contribution in [0.25, 0.3) is 6.08 Å². The zero-order valence-corrected chi connectivity index (χ0v) is 16.7. The molecule has 0 unspecified atom stereocenters. The highest BCUT2D eigenvalue weighted by molar-refractivity contribution is 6.12. The number of hydrogen-bond donors (Lipinski definition) is 1. The molecule has 0 aliphatic heterocycles. The van der Waals surface area contributed by atoms with Crippen LogP contribution >= 0.6 is 0 Å². The smallest absolute Gasteiger partial charge is 0.184 e. The molecule has 0 aromatic heterocycles. The van der Waals surface area contributed by atoms with E-state index in [9.17, 15) is 9.90 Å². The number of Topliss-reactive ketones (excluding diaryl/α,β-unsaturated/α-hetero) is 1. The molecule has 0 amide bonds. The summed E-state index contributed by atoms with van der Waals surface area (Å²) in [5.74, 6) is 1.80. The van der Waals surface area contributed by atoms with Gasteiger partial charge in [0.1, 0.15) is 5.75 Å². The third-order valence-electron chi connectivity index (χ3n) is 6.04. The van der Waals surface area contributed by atoms with E-state index in [-0.39, 0.29) is 11.2 Å². The van der Waals surface area contributed by atoms with Gasteiger partial charge in [0.2, 0.25) is 0 Å². The van der Waals surface area contributed by atoms with E-state index in [0.717, 1.165) is 36.0 Å². The molecule has 5 nitrogen and oxygen atoms in total. The summed E-state index contributed by atoms with van der Waals surface area (Å²) < 4.78 is 16.2. The molecule has 27 heavy (non-hydrogen) atoms. The second-order valence-electron chi connectivity index (χ2n) is 7.55. The molecule has 1 saturated carbocycles. The van der Waals surface area contributed by atoms with Gasteiger partial charge in [-0.2, -0.15) is 0 Å². The molecule has 2 aliphatic carbocycles. The molecule has 0 spiro atoms. The monoisotopic (exact) mass is 372 g/mol. The molecule has 0 bridgehead atoms. The van der Waals surface area contributed by atoms with Gasteiger partial charge in [0, 0.05) is 22.6 Å². The van der Waals surface area contributed by atoms with E-state index in [1.54, 1.807) is 27.4 Å². The Labute approximate surface area is 160 Å². The van der Waals surface area contributed by atoms with Gasteiger partial charge < -0.3 is 19.3 Å². The number of carbonyl (C=O) groups is 1. The van der Waals surface area contributed by atoms with Crippen molar-refractivity contribution in [2.75, 3.05) is 21.3 Å². The third kappa shape index (κ3) is 3.25. The van der Waals surface area contributed by atoms with E-state index in [1.807, 2.05) is 19.1 Å². The number of fused-ring (bicyclic) bond motifs is 1. The summed E-state index contributed by atoms with van der Waals surface area (Å²) in [5, 5.41) is 10.7. The van der Waals surface area contributed by atoms with E-state index < -0.39 is 6.10 Å². The average Bonchev–Trinajstić information content (AvgIpc) is 2.67. The number of rotatable bonds is 4. The SMILES string of the molecule is COc1cc(OC)c(OC)cc1C=C1C[C@@]2(C)C(=C(C)C1=O)CCC[C@@H]2O. The Balaban J connectivity index is 2.10. The molecular formula is C22H28O5. The summed E-state index contributed by atoms with van der Waals surface area (Å²) in [4.78, 5) is 13.0. The van der Waals surface area contributed by atoms with E-state index in [0.29, 0.717) is 29.2 Å². The third-order valence-corrected chi connectivity index (χ3v) is 6.04. The number of aliphatic hydroxyl groups excluding tert-OH is 1. The van der Waals surface area contributed by atoms with Crippen LogP contribution in [-0.4, -0.2) is 38.3 Å². The molecule has 146 valence electrons. The van der Waals surface area contributed by atoms with Crippen molar-refractivity contribution in [3.05, 3.63) is 34.4 Å². The molecule has 1 N–H and O–H groups in total. The first-order chi connectivity index (χ1) is 12.8. The average molecular weight is 372 g/mol. The fraction of sp³-hybridized carbons (Fsp3) is 0.500. The van der Waals surface area contributed by atoms with E-state index >= 15 is 0 Å². The quantitative estimate of drug-likeness (QED) is 0.811. The lowest BCUT2D eigenvalue weighted by Crippen LogP contribution is -2.42. The number of aliphatic hydroxyl groups is 1. The van der Waals surface area contributed by atoms with Crippen LogP contribution in [0, 0.1) is 5.41 Å². The highest BCUT2D eigenvalue weighted by atomic mass is 16.5. The summed E-state index contributed by atoms with van der Waals surface area (Å²) in [6.45, 7) is 3.95. The molecule has 1 fully saturated rings. The molecular weight excluding hydrogens is 344 g/mol. The van der Waals surface area contributed by atoms with Crippen molar-refractivity contribution >= 4 is 11.9 Å². The number of allylic oxidation sites excluding steroid dienone is 2. The molecule has 0 radical (unpaired) electrons. The van der Waals surface area contributed by atoms with Gasteiger partial charge in [-0.15, -0.1) is 0 Å². The van der Waals surface area contributed by atoms with Crippen LogP contribution < -0.4 is 14.2 Å². The van der Waals surface area contributed by atoms with Gasteiger partial charge in [-0.1, -0.05) is 12.5 Å². The standard InChI is InChI=1S/C22H28O5/c1-13-16-7-6-8-20(23)22(16,2)12-15(21(13)24)9-14-10-18(26-4)19(27-5)11-17(14)25-3/h9-11,20,23H,6-8,12H2,1-5H3/t20-,22-/m0/s1. The predicted octanol–water partition coefficient (Wildman–Crippen LogP) is 3.94. The number of hydrogen-bond acceptors (Lipinski definition) is 5. The number of ether oxygens (including phenoxy) is 3. The maximum Gasteiger partial charge on any atom is 0.184 e. The Morgan fingerprint density at radius 3 is 2.37 bits per heavy atom. The van der Waals surface area contributed by atoms with Crippen LogP contribution in [0.15, 0.2) is 28.9 Å². The van der Waals surface area contributed by atoms with Crippen LogP contribution in [0.4, 0.5) is 0 Å². The van der Waals surface area contributed by atoms with E-state index in [1.165, 1.54) is 0 Å². The number of methoxy groups -OCH3 is 3.